The van der Waals surface area contributed by atoms with Crippen LogP contribution in [0.2, 0.25) is 0 Å². The van der Waals surface area contributed by atoms with E-state index in [0.717, 1.165) is 25.7 Å². The summed E-state index contributed by atoms with van der Waals surface area (Å²) in [6.07, 6.45) is 4.26. The van der Waals surface area contributed by atoms with Crippen LogP contribution < -0.4 is 5.32 Å². The van der Waals surface area contributed by atoms with Crippen molar-refractivity contribution in [3.63, 3.8) is 0 Å². The van der Waals surface area contributed by atoms with E-state index in [2.05, 4.69) is 12.2 Å². The largest absolute Gasteiger partial charge is 0.390 e. The lowest BCUT2D eigenvalue weighted by atomic mass is 10.1. The number of alkyl halides is 2. The number of hydrogen-bond acceptors (Lipinski definition) is 2. The van der Waals surface area contributed by atoms with Crippen LogP contribution in [0.1, 0.15) is 39.5 Å². The van der Waals surface area contributed by atoms with Crippen LogP contribution in [-0.2, 0) is 0 Å². The van der Waals surface area contributed by atoms with Crippen LogP contribution >= 0.6 is 0 Å². The maximum Gasteiger partial charge on any atom is 0.282 e. The van der Waals surface area contributed by atoms with Gasteiger partial charge < -0.3 is 10.4 Å². The van der Waals surface area contributed by atoms with Crippen LogP contribution in [0, 0.1) is 0 Å². The fourth-order valence-corrected chi connectivity index (χ4v) is 1.18. The summed E-state index contributed by atoms with van der Waals surface area (Å²) in [5, 5.41) is 11.1. The molecule has 2 nitrogen and oxygen atoms in total. The Labute approximate surface area is 84.7 Å². The molecule has 0 saturated heterocycles. The maximum atomic E-state index is 12.6. The Balaban J connectivity index is 3.48. The lowest BCUT2D eigenvalue weighted by Crippen LogP contribution is -2.40. The van der Waals surface area contributed by atoms with Crippen molar-refractivity contribution in [2.24, 2.45) is 0 Å². The van der Waals surface area contributed by atoms with Crippen LogP contribution in [0.25, 0.3) is 0 Å². The van der Waals surface area contributed by atoms with Gasteiger partial charge in [-0.05, 0) is 13.3 Å². The van der Waals surface area contributed by atoms with Crippen molar-refractivity contribution in [1.82, 2.24) is 5.32 Å². The van der Waals surface area contributed by atoms with Gasteiger partial charge in [0.1, 0.15) is 6.61 Å². The third-order valence-corrected chi connectivity index (χ3v) is 2.18. The number of aliphatic hydroxyl groups is 1. The Morgan fingerprint density at radius 1 is 1.36 bits per heavy atom. The summed E-state index contributed by atoms with van der Waals surface area (Å²) in [7, 11) is 0. The summed E-state index contributed by atoms with van der Waals surface area (Å²) in [5.74, 6) is -2.99. The molecule has 4 heteroatoms. The van der Waals surface area contributed by atoms with Gasteiger partial charge >= 0.3 is 0 Å². The Kier molecular flexibility index (Phi) is 7.01. The summed E-state index contributed by atoms with van der Waals surface area (Å²) in [6, 6.07) is 0.0963. The minimum absolute atomic E-state index is 0.0963. The van der Waals surface area contributed by atoms with E-state index in [4.69, 9.17) is 5.11 Å². The second kappa shape index (κ2) is 7.12. The van der Waals surface area contributed by atoms with Crippen LogP contribution in [0.4, 0.5) is 8.78 Å². The van der Waals surface area contributed by atoms with E-state index in [1.54, 1.807) is 0 Å². The van der Waals surface area contributed by atoms with Crippen molar-refractivity contribution in [2.45, 2.75) is 51.5 Å². The van der Waals surface area contributed by atoms with Crippen LogP contribution in [-0.4, -0.2) is 30.2 Å². The lowest BCUT2D eigenvalue weighted by molar-refractivity contribution is -0.0491. The molecule has 2 N–H and O–H groups in total. The van der Waals surface area contributed by atoms with Gasteiger partial charge in [0.15, 0.2) is 0 Å². The van der Waals surface area contributed by atoms with Crippen LogP contribution in [0.15, 0.2) is 0 Å². The molecule has 0 fully saturated rings. The zero-order valence-electron chi connectivity index (χ0n) is 9.02. The number of hydrogen-bond donors (Lipinski definition) is 2. The summed E-state index contributed by atoms with van der Waals surface area (Å²) in [6.45, 7) is 2.49. The molecule has 0 bridgehead atoms. The fraction of sp³-hybridized carbons (Fsp3) is 1.00. The summed E-state index contributed by atoms with van der Waals surface area (Å²) >= 11 is 0. The molecular weight excluding hydrogens is 188 g/mol. The molecule has 86 valence electrons. The van der Waals surface area contributed by atoms with E-state index in [-0.39, 0.29) is 6.04 Å². The maximum absolute atomic E-state index is 12.6. The number of aliphatic hydroxyl groups excluding tert-OH is 1. The van der Waals surface area contributed by atoms with E-state index >= 15 is 0 Å². The van der Waals surface area contributed by atoms with Crippen molar-refractivity contribution in [3.05, 3.63) is 0 Å². The van der Waals surface area contributed by atoms with Gasteiger partial charge in [0.05, 0.1) is 6.54 Å². The zero-order valence-corrected chi connectivity index (χ0v) is 9.02. The standard InChI is InChI=1S/C10H21F2NO/c1-3-4-5-6-9(2)13-7-10(11,12)8-14/h9,13-14H,3-8H2,1-2H3. The molecule has 0 aliphatic carbocycles. The topological polar surface area (TPSA) is 32.3 Å². The zero-order chi connectivity index (χ0) is 11.0. The molecule has 0 radical (unpaired) electrons. The molecule has 0 spiro atoms. The molecule has 0 heterocycles. The first-order valence-electron chi connectivity index (χ1n) is 5.24. The fourth-order valence-electron chi connectivity index (χ4n) is 1.18. The first-order chi connectivity index (χ1) is 6.52. The first kappa shape index (κ1) is 13.8. The third kappa shape index (κ3) is 7.21. The minimum Gasteiger partial charge on any atom is -0.390 e. The van der Waals surface area contributed by atoms with Crippen molar-refractivity contribution in [1.29, 1.82) is 0 Å². The molecule has 1 unspecified atom stereocenters. The SMILES string of the molecule is CCCCCC(C)NCC(F)(F)CO. The predicted molar refractivity (Wildman–Crippen MR) is 53.6 cm³/mol. The monoisotopic (exact) mass is 209 g/mol. The highest BCUT2D eigenvalue weighted by molar-refractivity contribution is 4.71. The molecule has 0 aromatic carbocycles. The summed E-state index contributed by atoms with van der Waals surface area (Å²) in [4.78, 5) is 0. The van der Waals surface area contributed by atoms with Crippen molar-refractivity contribution < 1.29 is 13.9 Å². The predicted octanol–water partition coefficient (Wildman–Crippen LogP) is 2.17. The molecule has 0 rings (SSSR count). The van der Waals surface area contributed by atoms with Gasteiger partial charge in [0.2, 0.25) is 0 Å². The quantitative estimate of drug-likeness (QED) is 0.600. The molecular formula is C10H21F2NO. The highest BCUT2D eigenvalue weighted by atomic mass is 19.3. The second-order valence-corrected chi connectivity index (χ2v) is 3.79. The molecule has 0 aromatic rings. The number of nitrogens with one attached hydrogen (secondary N) is 1. The summed E-state index contributed by atoms with van der Waals surface area (Å²) in [5.41, 5.74) is 0. The van der Waals surface area contributed by atoms with Gasteiger partial charge in [-0.1, -0.05) is 26.2 Å². The van der Waals surface area contributed by atoms with Gasteiger partial charge in [-0.3, -0.25) is 0 Å². The normalized spacial score (nSPS) is 14.4. The molecule has 0 aliphatic rings. The van der Waals surface area contributed by atoms with Crippen molar-refractivity contribution in [3.8, 4) is 0 Å². The van der Waals surface area contributed by atoms with E-state index in [9.17, 15) is 8.78 Å². The average molecular weight is 209 g/mol. The lowest BCUT2D eigenvalue weighted by Gasteiger charge is -2.18. The Bertz CT molecular complexity index is 142. The Morgan fingerprint density at radius 3 is 2.50 bits per heavy atom. The molecule has 0 aliphatic heterocycles. The number of rotatable bonds is 8. The Hall–Kier alpha value is -0.220. The Morgan fingerprint density at radius 2 is 2.00 bits per heavy atom. The van der Waals surface area contributed by atoms with E-state index in [1.807, 2.05) is 6.92 Å². The van der Waals surface area contributed by atoms with E-state index in [1.165, 1.54) is 0 Å². The highest BCUT2D eigenvalue weighted by Crippen LogP contribution is 2.11. The number of unbranched alkanes of at least 4 members (excludes halogenated alkanes) is 2. The molecule has 1 atom stereocenters. The van der Waals surface area contributed by atoms with Gasteiger partial charge in [-0.2, -0.15) is 0 Å². The smallest absolute Gasteiger partial charge is 0.282 e. The molecule has 0 saturated carbocycles. The van der Waals surface area contributed by atoms with Gasteiger partial charge in [0.25, 0.3) is 5.92 Å². The van der Waals surface area contributed by atoms with Gasteiger partial charge in [-0.15, -0.1) is 0 Å². The van der Waals surface area contributed by atoms with Crippen LogP contribution in [0.3, 0.4) is 0 Å². The van der Waals surface area contributed by atoms with Gasteiger partial charge in [0, 0.05) is 6.04 Å². The number of halogens is 2. The highest BCUT2D eigenvalue weighted by Gasteiger charge is 2.27. The minimum atomic E-state index is -2.99. The second-order valence-electron chi connectivity index (χ2n) is 3.79. The van der Waals surface area contributed by atoms with Crippen LogP contribution in [0.5, 0.6) is 0 Å². The molecule has 0 aromatic heterocycles. The summed E-state index contributed by atoms with van der Waals surface area (Å²) < 4.78 is 25.2. The average Bonchev–Trinajstić information content (AvgIpc) is 2.16. The molecule has 0 amide bonds. The van der Waals surface area contributed by atoms with E-state index in [0.29, 0.717) is 0 Å². The van der Waals surface area contributed by atoms with E-state index < -0.39 is 19.1 Å². The van der Waals surface area contributed by atoms with Crippen molar-refractivity contribution >= 4 is 0 Å². The van der Waals surface area contributed by atoms with Crippen molar-refractivity contribution in [2.75, 3.05) is 13.2 Å². The first-order valence-corrected chi connectivity index (χ1v) is 5.24. The van der Waals surface area contributed by atoms with Gasteiger partial charge in [-0.25, -0.2) is 8.78 Å². The third-order valence-electron chi connectivity index (χ3n) is 2.18. The molecule has 14 heavy (non-hydrogen) atoms.